The van der Waals surface area contributed by atoms with Gasteiger partial charge in [-0.3, -0.25) is 5.10 Å². The molecule has 0 aliphatic heterocycles. The lowest BCUT2D eigenvalue weighted by Gasteiger charge is -2.18. The Kier molecular flexibility index (Phi) is 2.49. The second kappa shape index (κ2) is 3.82. The van der Waals surface area contributed by atoms with Gasteiger partial charge >= 0.3 is 0 Å². The quantitative estimate of drug-likeness (QED) is 0.828. The Hall–Kier alpha value is -1.35. The Morgan fingerprint density at radius 1 is 1.44 bits per heavy atom. The van der Waals surface area contributed by atoms with Gasteiger partial charge in [0.05, 0.1) is 11.2 Å². The van der Waals surface area contributed by atoms with Crippen LogP contribution < -0.4 is 0 Å². The monoisotopic (exact) mass is 264 g/mol. The zero-order chi connectivity index (χ0) is 12.9. The third-order valence-electron chi connectivity index (χ3n) is 3.78. The Morgan fingerprint density at radius 3 is 2.94 bits per heavy atom. The normalized spacial score (nSPS) is 21.0. The standard InChI is InChI=1S/C14H14ClFN2/c1-14(2)6-9(10-7-17-18-13(10)14)8-3-4-11(15)12(16)5-8/h3-5,7,9H,6H2,1-2H3,(H,17,18). The van der Waals surface area contributed by atoms with E-state index in [9.17, 15) is 4.39 Å². The molecule has 0 radical (unpaired) electrons. The third-order valence-corrected chi connectivity index (χ3v) is 4.09. The summed E-state index contributed by atoms with van der Waals surface area (Å²) in [5, 5.41) is 7.34. The van der Waals surface area contributed by atoms with Gasteiger partial charge in [0, 0.05) is 22.6 Å². The highest BCUT2D eigenvalue weighted by molar-refractivity contribution is 6.30. The topological polar surface area (TPSA) is 28.7 Å². The number of hydrogen-bond donors (Lipinski definition) is 1. The average molecular weight is 265 g/mol. The number of fused-ring (bicyclic) bond motifs is 1. The maximum Gasteiger partial charge on any atom is 0.142 e. The molecule has 2 aromatic rings. The van der Waals surface area contributed by atoms with Crippen molar-refractivity contribution in [3.8, 4) is 0 Å². The van der Waals surface area contributed by atoms with Crippen molar-refractivity contribution in [3.05, 3.63) is 52.1 Å². The van der Waals surface area contributed by atoms with Gasteiger partial charge in [0.1, 0.15) is 5.82 Å². The van der Waals surface area contributed by atoms with Crippen molar-refractivity contribution >= 4 is 11.6 Å². The Balaban J connectivity index is 2.07. The van der Waals surface area contributed by atoms with Crippen LogP contribution in [0.1, 0.15) is 43.0 Å². The predicted molar refractivity (Wildman–Crippen MR) is 69.5 cm³/mol. The number of benzene rings is 1. The summed E-state index contributed by atoms with van der Waals surface area (Å²) < 4.78 is 13.6. The maximum atomic E-state index is 13.6. The molecule has 0 saturated carbocycles. The van der Waals surface area contributed by atoms with Crippen molar-refractivity contribution in [2.45, 2.75) is 31.6 Å². The van der Waals surface area contributed by atoms with Crippen LogP contribution in [-0.2, 0) is 5.41 Å². The van der Waals surface area contributed by atoms with E-state index in [1.54, 1.807) is 6.07 Å². The number of H-pyrrole nitrogens is 1. The van der Waals surface area contributed by atoms with Crippen LogP contribution in [0, 0.1) is 5.82 Å². The van der Waals surface area contributed by atoms with Crippen molar-refractivity contribution < 1.29 is 4.39 Å². The van der Waals surface area contributed by atoms with Crippen LogP contribution in [0.5, 0.6) is 0 Å². The number of halogens is 2. The number of aromatic nitrogens is 2. The van der Waals surface area contributed by atoms with Crippen LogP contribution in [0.4, 0.5) is 4.39 Å². The predicted octanol–water partition coefficient (Wildman–Crippen LogP) is 4.02. The summed E-state index contributed by atoms with van der Waals surface area (Å²) in [5.41, 5.74) is 3.33. The number of nitrogens with zero attached hydrogens (tertiary/aromatic N) is 1. The van der Waals surface area contributed by atoms with Crippen molar-refractivity contribution in [1.82, 2.24) is 10.2 Å². The molecule has 18 heavy (non-hydrogen) atoms. The summed E-state index contributed by atoms with van der Waals surface area (Å²) in [7, 11) is 0. The van der Waals surface area contributed by atoms with Gasteiger partial charge in [-0.1, -0.05) is 31.5 Å². The fraction of sp³-hybridized carbons (Fsp3) is 0.357. The fourth-order valence-corrected chi connectivity index (χ4v) is 2.97. The van der Waals surface area contributed by atoms with Gasteiger partial charge in [-0.05, 0) is 24.1 Å². The van der Waals surface area contributed by atoms with Gasteiger partial charge in [0.2, 0.25) is 0 Å². The summed E-state index contributed by atoms with van der Waals surface area (Å²) in [4.78, 5) is 0. The van der Waals surface area contributed by atoms with Crippen molar-refractivity contribution in [1.29, 1.82) is 0 Å². The van der Waals surface area contributed by atoms with Crippen molar-refractivity contribution in [3.63, 3.8) is 0 Å². The smallest absolute Gasteiger partial charge is 0.142 e. The van der Waals surface area contributed by atoms with E-state index in [0.717, 1.165) is 17.7 Å². The van der Waals surface area contributed by atoms with Gasteiger partial charge in [0.15, 0.2) is 0 Å². The van der Waals surface area contributed by atoms with Crippen LogP contribution in [0.2, 0.25) is 5.02 Å². The molecular weight excluding hydrogens is 251 g/mol. The molecule has 0 saturated heterocycles. The lowest BCUT2D eigenvalue weighted by atomic mass is 9.86. The molecular formula is C14H14ClFN2. The Bertz CT molecular complexity index is 604. The minimum atomic E-state index is -0.357. The van der Waals surface area contributed by atoms with Crippen LogP contribution in [0.25, 0.3) is 0 Å². The molecule has 1 N–H and O–H groups in total. The Labute approximate surface area is 110 Å². The summed E-state index contributed by atoms with van der Waals surface area (Å²) >= 11 is 5.73. The van der Waals surface area contributed by atoms with Crippen LogP contribution in [0.3, 0.4) is 0 Å². The number of nitrogens with one attached hydrogen (secondary N) is 1. The molecule has 1 aliphatic carbocycles. The van der Waals surface area contributed by atoms with Crippen molar-refractivity contribution in [2.24, 2.45) is 0 Å². The summed E-state index contributed by atoms with van der Waals surface area (Å²) in [5.74, 6) is -0.163. The van der Waals surface area contributed by atoms with Gasteiger partial charge in [-0.2, -0.15) is 5.10 Å². The molecule has 2 nitrogen and oxygen atoms in total. The SMILES string of the molecule is CC1(C)CC(c2ccc(Cl)c(F)c2)c2cn[nH]c21. The largest absolute Gasteiger partial charge is 0.282 e. The first kappa shape index (κ1) is 11.7. The molecule has 1 heterocycles. The molecule has 1 aromatic heterocycles. The molecule has 0 amide bonds. The lowest BCUT2D eigenvalue weighted by Crippen LogP contribution is -2.14. The molecule has 0 fully saturated rings. The van der Waals surface area contributed by atoms with E-state index in [2.05, 4.69) is 24.0 Å². The molecule has 1 atom stereocenters. The second-order valence-corrected chi connectivity index (χ2v) is 5.92. The minimum absolute atomic E-state index is 0.0482. The molecule has 4 heteroatoms. The van der Waals surface area contributed by atoms with E-state index >= 15 is 0 Å². The zero-order valence-electron chi connectivity index (χ0n) is 10.3. The van der Waals surface area contributed by atoms with E-state index in [1.165, 1.54) is 11.6 Å². The van der Waals surface area contributed by atoms with Crippen LogP contribution in [-0.4, -0.2) is 10.2 Å². The highest BCUT2D eigenvalue weighted by atomic mass is 35.5. The van der Waals surface area contributed by atoms with E-state index in [0.29, 0.717) is 0 Å². The highest BCUT2D eigenvalue weighted by Crippen LogP contribution is 2.47. The zero-order valence-corrected chi connectivity index (χ0v) is 11.1. The first-order valence-electron chi connectivity index (χ1n) is 5.98. The third kappa shape index (κ3) is 1.65. The molecule has 0 spiro atoms. The summed E-state index contributed by atoms with van der Waals surface area (Å²) in [6, 6.07) is 5.05. The highest BCUT2D eigenvalue weighted by Gasteiger charge is 2.39. The second-order valence-electron chi connectivity index (χ2n) is 5.51. The number of aromatic amines is 1. The lowest BCUT2D eigenvalue weighted by molar-refractivity contribution is 0.482. The molecule has 1 aromatic carbocycles. The maximum absolute atomic E-state index is 13.6. The van der Waals surface area contributed by atoms with E-state index in [1.807, 2.05) is 12.3 Å². The molecule has 3 rings (SSSR count). The summed E-state index contributed by atoms with van der Waals surface area (Å²) in [6.45, 7) is 4.35. The molecule has 94 valence electrons. The number of hydrogen-bond acceptors (Lipinski definition) is 1. The average Bonchev–Trinajstić information content (AvgIpc) is 2.86. The van der Waals surface area contributed by atoms with E-state index < -0.39 is 0 Å². The Morgan fingerprint density at radius 2 is 2.22 bits per heavy atom. The fourth-order valence-electron chi connectivity index (χ4n) is 2.85. The van der Waals surface area contributed by atoms with Gasteiger partial charge < -0.3 is 0 Å². The minimum Gasteiger partial charge on any atom is -0.282 e. The van der Waals surface area contributed by atoms with Crippen LogP contribution >= 0.6 is 11.6 Å². The van der Waals surface area contributed by atoms with E-state index in [4.69, 9.17) is 11.6 Å². The van der Waals surface area contributed by atoms with Crippen molar-refractivity contribution in [2.75, 3.05) is 0 Å². The molecule has 0 bridgehead atoms. The number of rotatable bonds is 1. The molecule has 1 unspecified atom stereocenters. The summed E-state index contributed by atoms with van der Waals surface area (Å²) in [6.07, 6.45) is 2.80. The van der Waals surface area contributed by atoms with Crippen LogP contribution in [0.15, 0.2) is 24.4 Å². The van der Waals surface area contributed by atoms with Gasteiger partial charge in [0.25, 0.3) is 0 Å². The molecule has 1 aliphatic rings. The van der Waals surface area contributed by atoms with E-state index in [-0.39, 0.29) is 22.2 Å². The first-order chi connectivity index (χ1) is 8.49. The van der Waals surface area contributed by atoms with Gasteiger partial charge in [-0.15, -0.1) is 0 Å². The first-order valence-corrected chi connectivity index (χ1v) is 6.35. The van der Waals surface area contributed by atoms with Gasteiger partial charge in [-0.25, -0.2) is 4.39 Å².